The maximum absolute atomic E-state index is 13.2. The number of piperidine rings is 2. The Morgan fingerprint density at radius 3 is 2.58 bits per heavy atom. The fraction of sp³-hybridized carbons (Fsp3) is 0.435. The van der Waals surface area contributed by atoms with E-state index in [1.807, 2.05) is 30.3 Å². The van der Waals surface area contributed by atoms with Crippen LogP contribution in [0.5, 0.6) is 5.75 Å². The Bertz CT molecular complexity index is 803. The normalized spacial score (nSPS) is 31.5. The van der Waals surface area contributed by atoms with Gasteiger partial charge in [-0.1, -0.05) is 56.3 Å². The first-order valence-electron chi connectivity index (χ1n) is 9.64. The summed E-state index contributed by atoms with van der Waals surface area (Å²) in [5.41, 5.74) is 2.31. The fourth-order valence-electron chi connectivity index (χ4n) is 4.92. The molecule has 2 aromatic carbocycles. The average molecular weight is 349 g/mol. The van der Waals surface area contributed by atoms with Gasteiger partial charge in [-0.25, -0.2) is 0 Å². The summed E-state index contributed by atoms with van der Waals surface area (Å²) in [5, 5.41) is 9.92. The van der Waals surface area contributed by atoms with Crippen LogP contribution in [0.15, 0.2) is 54.6 Å². The summed E-state index contributed by atoms with van der Waals surface area (Å²) in [5.74, 6) is 0.961. The van der Waals surface area contributed by atoms with Crippen LogP contribution in [0.25, 0.3) is 0 Å². The Hall–Kier alpha value is -2.29. The van der Waals surface area contributed by atoms with Crippen molar-refractivity contribution in [3.8, 4) is 5.75 Å². The van der Waals surface area contributed by atoms with Gasteiger partial charge in [0.1, 0.15) is 5.75 Å². The van der Waals surface area contributed by atoms with Crippen LogP contribution in [0.4, 0.5) is 0 Å². The SMILES string of the molecule is CC1CN2C(=O)C(c3ccccc3)CCC2C[C@@]1(C)c1cccc(O)c1. The van der Waals surface area contributed by atoms with Gasteiger partial charge in [0.25, 0.3) is 0 Å². The van der Waals surface area contributed by atoms with E-state index in [4.69, 9.17) is 0 Å². The van der Waals surface area contributed by atoms with Crippen molar-refractivity contribution < 1.29 is 9.90 Å². The molecule has 0 bridgehead atoms. The number of hydrogen-bond donors (Lipinski definition) is 1. The summed E-state index contributed by atoms with van der Waals surface area (Å²) >= 11 is 0. The standard InChI is InChI=1S/C23H27NO2/c1-16-15-24-19(14-23(16,2)18-9-6-10-20(25)13-18)11-12-21(22(24)26)17-7-4-3-5-8-17/h3-10,13,16,19,21,25H,11-12,14-15H2,1-2H3/t16?,19?,21?,23-/m1/s1. The first kappa shape index (κ1) is 17.1. The Morgan fingerprint density at radius 1 is 1.08 bits per heavy atom. The van der Waals surface area contributed by atoms with E-state index >= 15 is 0 Å². The zero-order valence-corrected chi connectivity index (χ0v) is 15.6. The third-order valence-electron chi connectivity index (χ3n) is 6.74. The molecule has 0 radical (unpaired) electrons. The second-order valence-corrected chi connectivity index (χ2v) is 8.26. The Labute approximate surface area is 155 Å². The third kappa shape index (κ3) is 2.80. The highest BCUT2D eigenvalue weighted by molar-refractivity contribution is 5.85. The largest absolute Gasteiger partial charge is 0.508 e. The monoisotopic (exact) mass is 349 g/mol. The van der Waals surface area contributed by atoms with Crippen molar-refractivity contribution >= 4 is 5.91 Å². The van der Waals surface area contributed by atoms with Gasteiger partial charge in [-0.2, -0.15) is 0 Å². The van der Waals surface area contributed by atoms with Gasteiger partial charge in [-0.3, -0.25) is 4.79 Å². The van der Waals surface area contributed by atoms with Crippen LogP contribution >= 0.6 is 0 Å². The lowest BCUT2D eigenvalue weighted by atomic mass is 9.64. The number of aromatic hydroxyl groups is 1. The van der Waals surface area contributed by atoms with Crippen molar-refractivity contribution in [2.24, 2.45) is 5.92 Å². The molecule has 3 nitrogen and oxygen atoms in total. The van der Waals surface area contributed by atoms with Crippen LogP contribution < -0.4 is 0 Å². The molecule has 136 valence electrons. The number of phenolic OH excluding ortho intramolecular Hbond substituents is 1. The number of nitrogens with zero attached hydrogens (tertiary/aromatic N) is 1. The summed E-state index contributed by atoms with van der Waals surface area (Å²) in [6.45, 7) is 5.32. The number of amides is 1. The predicted molar refractivity (Wildman–Crippen MR) is 103 cm³/mol. The second-order valence-electron chi connectivity index (χ2n) is 8.26. The highest BCUT2D eigenvalue weighted by Gasteiger charge is 2.47. The molecule has 1 amide bonds. The van der Waals surface area contributed by atoms with Crippen molar-refractivity contribution in [3.05, 3.63) is 65.7 Å². The zero-order valence-electron chi connectivity index (χ0n) is 15.6. The first-order chi connectivity index (χ1) is 12.5. The quantitative estimate of drug-likeness (QED) is 0.869. The van der Waals surface area contributed by atoms with Gasteiger partial charge in [0.15, 0.2) is 0 Å². The average Bonchev–Trinajstić information content (AvgIpc) is 2.64. The molecule has 0 aromatic heterocycles. The number of rotatable bonds is 2. The van der Waals surface area contributed by atoms with Gasteiger partial charge in [0.2, 0.25) is 5.91 Å². The lowest BCUT2D eigenvalue weighted by Crippen LogP contribution is -2.57. The Morgan fingerprint density at radius 2 is 1.85 bits per heavy atom. The van der Waals surface area contributed by atoms with E-state index in [2.05, 4.69) is 36.9 Å². The van der Waals surface area contributed by atoms with Crippen molar-refractivity contribution in [1.82, 2.24) is 4.90 Å². The molecule has 4 atom stereocenters. The minimum Gasteiger partial charge on any atom is -0.508 e. The Balaban J connectivity index is 1.59. The summed E-state index contributed by atoms with van der Waals surface area (Å²) < 4.78 is 0. The number of carbonyl (C=O) groups is 1. The zero-order chi connectivity index (χ0) is 18.3. The van der Waals surface area contributed by atoms with Gasteiger partial charge in [0.05, 0.1) is 5.92 Å². The maximum Gasteiger partial charge on any atom is 0.230 e. The van der Waals surface area contributed by atoms with Crippen LogP contribution in [0, 0.1) is 5.92 Å². The van der Waals surface area contributed by atoms with Gasteiger partial charge in [-0.05, 0) is 53.9 Å². The molecular weight excluding hydrogens is 322 g/mol. The number of phenols is 1. The van der Waals surface area contributed by atoms with Crippen molar-refractivity contribution in [2.75, 3.05) is 6.54 Å². The molecule has 3 heteroatoms. The van der Waals surface area contributed by atoms with Gasteiger partial charge in [0, 0.05) is 12.6 Å². The summed E-state index contributed by atoms with van der Waals surface area (Å²) in [4.78, 5) is 15.3. The molecule has 1 N–H and O–H groups in total. The van der Waals surface area contributed by atoms with Crippen LogP contribution in [0.2, 0.25) is 0 Å². The predicted octanol–water partition coefficient (Wildman–Crippen LogP) is 4.46. The second kappa shape index (κ2) is 6.46. The molecule has 2 saturated heterocycles. The summed E-state index contributed by atoms with van der Waals surface area (Å²) in [7, 11) is 0. The molecule has 3 unspecified atom stereocenters. The molecule has 2 aromatic rings. The fourth-order valence-corrected chi connectivity index (χ4v) is 4.92. The number of fused-ring (bicyclic) bond motifs is 1. The van der Waals surface area contributed by atoms with Gasteiger partial charge < -0.3 is 10.0 Å². The van der Waals surface area contributed by atoms with E-state index in [-0.39, 0.29) is 17.2 Å². The topological polar surface area (TPSA) is 40.5 Å². The minimum absolute atomic E-state index is 0.00442. The highest BCUT2D eigenvalue weighted by Crippen LogP contribution is 2.46. The molecular formula is C23H27NO2. The van der Waals surface area contributed by atoms with Gasteiger partial charge >= 0.3 is 0 Å². The molecule has 2 aliphatic rings. The van der Waals surface area contributed by atoms with E-state index in [0.29, 0.717) is 17.7 Å². The summed E-state index contributed by atoms with van der Waals surface area (Å²) in [6.07, 6.45) is 2.94. The minimum atomic E-state index is -0.0141. The van der Waals surface area contributed by atoms with E-state index in [9.17, 15) is 9.90 Å². The molecule has 0 aliphatic carbocycles. The number of hydrogen-bond acceptors (Lipinski definition) is 2. The lowest BCUT2D eigenvalue weighted by molar-refractivity contribution is -0.143. The van der Waals surface area contributed by atoms with Crippen LogP contribution in [0.3, 0.4) is 0 Å². The maximum atomic E-state index is 13.2. The number of benzene rings is 2. The Kier molecular flexibility index (Phi) is 4.26. The van der Waals surface area contributed by atoms with Crippen LogP contribution in [-0.4, -0.2) is 28.5 Å². The molecule has 26 heavy (non-hydrogen) atoms. The number of carbonyl (C=O) groups excluding carboxylic acids is 1. The molecule has 2 aliphatic heterocycles. The van der Waals surface area contributed by atoms with Gasteiger partial charge in [-0.15, -0.1) is 0 Å². The van der Waals surface area contributed by atoms with Crippen molar-refractivity contribution in [1.29, 1.82) is 0 Å². The van der Waals surface area contributed by atoms with Crippen LogP contribution in [-0.2, 0) is 10.2 Å². The van der Waals surface area contributed by atoms with Crippen LogP contribution in [0.1, 0.15) is 50.2 Å². The summed E-state index contributed by atoms with van der Waals surface area (Å²) in [6, 6.07) is 18.1. The molecule has 2 fully saturated rings. The third-order valence-corrected chi connectivity index (χ3v) is 6.74. The van der Waals surface area contributed by atoms with E-state index in [0.717, 1.165) is 31.4 Å². The highest BCUT2D eigenvalue weighted by atomic mass is 16.3. The molecule has 4 rings (SSSR count). The molecule has 0 saturated carbocycles. The van der Waals surface area contributed by atoms with E-state index in [1.165, 1.54) is 5.56 Å². The van der Waals surface area contributed by atoms with Crippen molar-refractivity contribution in [2.45, 2.75) is 50.5 Å². The molecule has 0 spiro atoms. The van der Waals surface area contributed by atoms with E-state index in [1.54, 1.807) is 6.07 Å². The first-order valence-corrected chi connectivity index (χ1v) is 9.64. The lowest BCUT2D eigenvalue weighted by Gasteiger charge is -2.52. The smallest absolute Gasteiger partial charge is 0.230 e. The van der Waals surface area contributed by atoms with E-state index < -0.39 is 0 Å². The van der Waals surface area contributed by atoms with Crippen molar-refractivity contribution in [3.63, 3.8) is 0 Å². The molecule has 2 heterocycles.